The van der Waals surface area contributed by atoms with Crippen LogP contribution in [0.3, 0.4) is 0 Å². The van der Waals surface area contributed by atoms with Crippen LogP contribution in [0.15, 0.2) is 23.3 Å². The summed E-state index contributed by atoms with van der Waals surface area (Å²) in [4.78, 5) is 0. The molecule has 0 aromatic rings. The fourth-order valence-electron chi connectivity index (χ4n) is 3.40. The highest BCUT2D eigenvalue weighted by molar-refractivity contribution is 5.29. The molecule has 2 aliphatic carbocycles. The second-order valence-electron chi connectivity index (χ2n) is 5.07. The summed E-state index contributed by atoms with van der Waals surface area (Å²) in [7, 11) is 0. The van der Waals surface area contributed by atoms with Crippen molar-refractivity contribution in [1.29, 1.82) is 0 Å². The predicted octanol–water partition coefficient (Wildman–Crippen LogP) is 4.34. The van der Waals surface area contributed by atoms with Crippen LogP contribution < -0.4 is 0 Å². The van der Waals surface area contributed by atoms with Crippen molar-refractivity contribution in [2.45, 2.75) is 46.5 Å². The molecule has 3 unspecified atom stereocenters. The average Bonchev–Trinajstić information content (AvgIpc) is 2.55. The van der Waals surface area contributed by atoms with Gasteiger partial charge in [-0.1, -0.05) is 30.2 Å². The Labute approximate surface area is 88.1 Å². The molecule has 2 aliphatic rings. The second-order valence-corrected chi connectivity index (χ2v) is 5.07. The Bertz CT molecular complexity index is 270. The monoisotopic (exact) mass is 190 g/mol. The van der Waals surface area contributed by atoms with E-state index in [-0.39, 0.29) is 0 Å². The SMILES string of the molecule is C/C=C\C1CCC(C)C2CCC(C)=C12. The minimum atomic E-state index is 0.781. The van der Waals surface area contributed by atoms with Crippen LogP contribution in [-0.4, -0.2) is 0 Å². The number of fused-ring (bicyclic) bond motifs is 1. The molecule has 0 saturated heterocycles. The van der Waals surface area contributed by atoms with Gasteiger partial charge in [-0.05, 0) is 57.3 Å². The van der Waals surface area contributed by atoms with Gasteiger partial charge in [-0.3, -0.25) is 0 Å². The molecule has 0 aromatic heterocycles. The third-order valence-corrected chi connectivity index (χ3v) is 4.17. The number of rotatable bonds is 1. The van der Waals surface area contributed by atoms with Crippen molar-refractivity contribution in [3.05, 3.63) is 23.3 Å². The Morgan fingerprint density at radius 1 is 1.21 bits per heavy atom. The van der Waals surface area contributed by atoms with Crippen molar-refractivity contribution in [3.63, 3.8) is 0 Å². The minimum absolute atomic E-state index is 0.781. The van der Waals surface area contributed by atoms with Crippen molar-refractivity contribution in [2.24, 2.45) is 17.8 Å². The molecule has 1 saturated carbocycles. The lowest BCUT2D eigenvalue weighted by molar-refractivity contribution is 0.300. The van der Waals surface area contributed by atoms with E-state index in [2.05, 4.69) is 32.9 Å². The molecule has 0 N–H and O–H groups in total. The molecule has 0 radical (unpaired) electrons. The first-order valence-electron chi connectivity index (χ1n) is 6.06. The van der Waals surface area contributed by atoms with Gasteiger partial charge in [0.2, 0.25) is 0 Å². The summed E-state index contributed by atoms with van der Waals surface area (Å²) < 4.78 is 0. The van der Waals surface area contributed by atoms with Crippen molar-refractivity contribution in [3.8, 4) is 0 Å². The summed E-state index contributed by atoms with van der Waals surface area (Å²) in [5, 5.41) is 0. The maximum atomic E-state index is 2.44. The molecular weight excluding hydrogens is 168 g/mol. The molecule has 2 rings (SSSR count). The molecule has 0 nitrogen and oxygen atoms in total. The van der Waals surface area contributed by atoms with Gasteiger partial charge in [0.25, 0.3) is 0 Å². The Hall–Kier alpha value is -0.520. The zero-order chi connectivity index (χ0) is 10.1. The summed E-state index contributed by atoms with van der Waals surface area (Å²) in [6.45, 7) is 6.94. The highest BCUT2D eigenvalue weighted by Crippen LogP contribution is 2.47. The van der Waals surface area contributed by atoms with Crippen LogP contribution in [-0.2, 0) is 0 Å². The van der Waals surface area contributed by atoms with Gasteiger partial charge < -0.3 is 0 Å². The largest absolute Gasteiger partial charge is 0.0911 e. The molecule has 0 heterocycles. The van der Waals surface area contributed by atoms with Gasteiger partial charge in [0.15, 0.2) is 0 Å². The minimum Gasteiger partial charge on any atom is -0.0911 e. The fourth-order valence-corrected chi connectivity index (χ4v) is 3.40. The van der Waals surface area contributed by atoms with Gasteiger partial charge in [-0.2, -0.15) is 0 Å². The van der Waals surface area contributed by atoms with Crippen LogP contribution in [0.5, 0.6) is 0 Å². The van der Waals surface area contributed by atoms with Crippen LogP contribution in [0.25, 0.3) is 0 Å². The van der Waals surface area contributed by atoms with E-state index in [1.165, 1.54) is 25.7 Å². The van der Waals surface area contributed by atoms with Crippen LogP contribution in [0.1, 0.15) is 46.5 Å². The zero-order valence-electron chi connectivity index (χ0n) is 9.72. The van der Waals surface area contributed by atoms with Gasteiger partial charge in [0.05, 0.1) is 0 Å². The fraction of sp³-hybridized carbons (Fsp3) is 0.714. The number of hydrogen-bond acceptors (Lipinski definition) is 0. The normalized spacial score (nSPS) is 38.1. The van der Waals surface area contributed by atoms with E-state index >= 15 is 0 Å². The van der Waals surface area contributed by atoms with Gasteiger partial charge in [0.1, 0.15) is 0 Å². The van der Waals surface area contributed by atoms with E-state index in [1.54, 1.807) is 5.57 Å². The highest BCUT2D eigenvalue weighted by Gasteiger charge is 2.35. The third kappa shape index (κ3) is 1.55. The van der Waals surface area contributed by atoms with Gasteiger partial charge >= 0.3 is 0 Å². The Balaban J connectivity index is 2.26. The van der Waals surface area contributed by atoms with Crippen molar-refractivity contribution < 1.29 is 0 Å². The highest BCUT2D eigenvalue weighted by atomic mass is 14.4. The lowest BCUT2D eigenvalue weighted by Gasteiger charge is -2.33. The van der Waals surface area contributed by atoms with E-state index in [0.29, 0.717) is 0 Å². The molecule has 0 bridgehead atoms. The van der Waals surface area contributed by atoms with Gasteiger partial charge in [0, 0.05) is 0 Å². The first-order chi connectivity index (χ1) is 6.74. The number of hydrogen-bond donors (Lipinski definition) is 0. The lowest BCUT2D eigenvalue weighted by Crippen LogP contribution is -2.23. The molecule has 0 spiro atoms. The van der Waals surface area contributed by atoms with Gasteiger partial charge in [-0.15, -0.1) is 0 Å². The molecule has 78 valence electrons. The smallest absolute Gasteiger partial charge is 0.00178 e. The van der Waals surface area contributed by atoms with Crippen LogP contribution in [0.2, 0.25) is 0 Å². The maximum absolute atomic E-state index is 2.44. The van der Waals surface area contributed by atoms with E-state index in [1.807, 2.05) is 5.57 Å². The van der Waals surface area contributed by atoms with Crippen molar-refractivity contribution in [1.82, 2.24) is 0 Å². The molecule has 1 fully saturated rings. The van der Waals surface area contributed by atoms with Crippen molar-refractivity contribution >= 4 is 0 Å². The second kappa shape index (κ2) is 3.92. The summed E-state index contributed by atoms with van der Waals surface area (Å²) in [5.74, 6) is 2.64. The molecule has 0 aliphatic heterocycles. The van der Waals surface area contributed by atoms with Crippen LogP contribution >= 0.6 is 0 Å². The third-order valence-electron chi connectivity index (χ3n) is 4.17. The molecular formula is C14H22. The van der Waals surface area contributed by atoms with Crippen LogP contribution in [0.4, 0.5) is 0 Å². The number of allylic oxidation sites excluding steroid dienone is 4. The quantitative estimate of drug-likeness (QED) is 0.540. The van der Waals surface area contributed by atoms with E-state index < -0.39 is 0 Å². The standard InChI is InChI=1S/C14H22/c1-4-5-12-8-6-10(2)13-9-7-11(3)14(12)13/h4-5,10,12-13H,6-9H2,1-3H3/b5-4-. The first-order valence-corrected chi connectivity index (χ1v) is 6.06. The zero-order valence-corrected chi connectivity index (χ0v) is 9.72. The van der Waals surface area contributed by atoms with E-state index in [4.69, 9.17) is 0 Å². The average molecular weight is 190 g/mol. The summed E-state index contributed by atoms with van der Waals surface area (Å²) in [6.07, 6.45) is 10.2. The summed E-state index contributed by atoms with van der Waals surface area (Å²) in [6, 6.07) is 0. The summed E-state index contributed by atoms with van der Waals surface area (Å²) >= 11 is 0. The Kier molecular flexibility index (Phi) is 2.80. The Morgan fingerprint density at radius 2 is 2.00 bits per heavy atom. The first kappa shape index (κ1) is 10.0. The lowest BCUT2D eigenvalue weighted by atomic mass is 9.71. The molecule has 0 amide bonds. The molecule has 14 heavy (non-hydrogen) atoms. The van der Waals surface area contributed by atoms with Crippen LogP contribution in [0, 0.1) is 17.8 Å². The van der Waals surface area contributed by atoms with Gasteiger partial charge in [-0.25, -0.2) is 0 Å². The maximum Gasteiger partial charge on any atom is -0.00178 e. The van der Waals surface area contributed by atoms with Crippen molar-refractivity contribution in [2.75, 3.05) is 0 Å². The molecule has 0 aromatic carbocycles. The Morgan fingerprint density at radius 3 is 2.71 bits per heavy atom. The van der Waals surface area contributed by atoms with E-state index in [9.17, 15) is 0 Å². The molecule has 3 atom stereocenters. The van der Waals surface area contributed by atoms with E-state index in [0.717, 1.165) is 17.8 Å². The summed E-state index contributed by atoms with van der Waals surface area (Å²) in [5.41, 5.74) is 3.51. The topological polar surface area (TPSA) is 0 Å². The molecule has 0 heteroatoms. The predicted molar refractivity (Wildman–Crippen MR) is 62.1 cm³/mol.